The third-order valence-electron chi connectivity index (χ3n) is 9.07. The smallest absolute Gasteiger partial charge is 0.312 e. The molecule has 0 aromatic heterocycles. The number of hydrogen-bond acceptors (Lipinski definition) is 4. The van der Waals surface area contributed by atoms with Crippen LogP contribution in [0.4, 0.5) is 0 Å². The standard InChI is InChI=1S/C25H42O4/c1-6-18-10-11-21-24(5)13-8-9-19(20(24)12-14-25(21,7-2)15-18)23(27)29-16-28-22(26)17(3)4/h17-21H,6-16H2,1-5H3/t18-,19+,20?,21?,24-,25-/m0/s1. The first kappa shape index (κ1) is 22.6. The van der Waals surface area contributed by atoms with Crippen molar-refractivity contribution >= 4 is 11.9 Å². The zero-order valence-corrected chi connectivity index (χ0v) is 19.3. The van der Waals surface area contributed by atoms with Crippen LogP contribution in [-0.2, 0) is 19.1 Å². The molecular formula is C25H42O4. The molecule has 0 heterocycles. The molecule has 0 N–H and O–H groups in total. The Bertz CT molecular complexity index is 600. The first-order valence-corrected chi connectivity index (χ1v) is 12.1. The molecule has 2 unspecified atom stereocenters. The van der Waals surface area contributed by atoms with E-state index in [2.05, 4.69) is 20.8 Å². The topological polar surface area (TPSA) is 52.6 Å². The third-order valence-corrected chi connectivity index (χ3v) is 9.07. The van der Waals surface area contributed by atoms with Crippen molar-refractivity contribution in [2.45, 2.75) is 98.8 Å². The molecule has 0 aliphatic heterocycles. The van der Waals surface area contributed by atoms with Gasteiger partial charge >= 0.3 is 11.9 Å². The van der Waals surface area contributed by atoms with E-state index in [1.165, 1.54) is 44.9 Å². The van der Waals surface area contributed by atoms with Crippen molar-refractivity contribution in [2.75, 3.05) is 6.79 Å². The Morgan fingerprint density at radius 3 is 2.45 bits per heavy atom. The molecule has 0 amide bonds. The molecule has 3 aliphatic rings. The van der Waals surface area contributed by atoms with Gasteiger partial charge in [-0.2, -0.15) is 0 Å². The molecule has 0 aromatic rings. The Kier molecular flexibility index (Phi) is 7.00. The van der Waals surface area contributed by atoms with Crippen molar-refractivity contribution in [3.8, 4) is 0 Å². The van der Waals surface area contributed by atoms with Crippen LogP contribution in [0.5, 0.6) is 0 Å². The van der Waals surface area contributed by atoms with Gasteiger partial charge in [-0.1, -0.05) is 60.3 Å². The first-order valence-electron chi connectivity index (χ1n) is 12.1. The predicted molar refractivity (Wildman–Crippen MR) is 114 cm³/mol. The number of carbonyl (C=O) groups excluding carboxylic acids is 2. The quantitative estimate of drug-likeness (QED) is 0.393. The Morgan fingerprint density at radius 2 is 1.79 bits per heavy atom. The third kappa shape index (κ3) is 4.23. The fraction of sp³-hybridized carbons (Fsp3) is 0.920. The minimum Gasteiger partial charge on any atom is -0.428 e. The van der Waals surface area contributed by atoms with Crippen molar-refractivity contribution in [2.24, 2.45) is 40.4 Å². The molecular weight excluding hydrogens is 364 g/mol. The van der Waals surface area contributed by atoms with Gasteiger partial charge in [-0.25, -0.2) is 0 Å². The number of fused-ring (bicyclic) bond motifs is 3. The lowest BCUT2D eigenvalue weighted by atomic mass is 9.41. The first-order chi connectivity index (χ1) is 13.8. The van der Waals surface area contributed by atoms with Crippen molar-refractivity contribution in [3.63, 3.8) is 0 Å². The largest absolute Gasteiger partial charge is 0.428 e. The van der Waals surface area contributed by atoms with E-state index in [1.54, 1.807) is 13.8 Å². The number of carbonyl (C=O) groups is 2. The fourth-order valence-corrected chi connectivity index (χ4v) is 7.41. The van der Waals surface area contributed by atoms with Crippen LogP contribution in [0.3, 0.4) is 0 Å². The van der Waals surface area contributed by atoms with Crippen LogP contribution in [0.2, 0.25) is 0 Å². The summed E-state index contributed by atoms with van der Waals surface area (Å²) >= 11 is 0. The predicted octanol–water partition coefficient (Wildman–Crippen LogP) is 6.13. The minimum atomic E-state index is -0.315. The van der Waals surface area contributed by atoms with Gasteiger partial charge in [0.2, 0.25) is 6.79 Å². The summed E-state index contributed by atoms with van der Waals surface area (Å²) in [5.41, 5.74) is 0.715. The minimum absolute atomic E-state index is 0.0368. The molecule has 0 saturated heterocycles. The molecule has 3 saturated carbocycles. The summed E-state index contributed by atoms with van der Waals surface area (Å²) in [6.07, 6.45) is 12.3. The highest BCUT2D eigenvalue weighted by Gasteiger charge is 2.59. The Hall–Kier alpha value is -1.06. The van der Waals surface area contributed by atoms with Crippen LogP contribution < -0.4 is 0 Å². The number of ether oxygens (including phenoxy) is 2. The van der Waals surface area contributed by atoms with E-state index in [-0.39, 0.29) is 36.0 Å². The number of esters is 2. The second-order valence-electron chi connectivity index (χ2n) is 10.7. The van der Waals surface area contributed by atoms with E-state index < -0.39 is 0 Å². The molecule has 0 radical (unpaired) electrons. The zero-order chi connectivity index (χ0) is 21.2. The second kappa shape index (κ2) is 8.98. The van der Waals surface area contributed by atoms with Gasteiger partial charge in [0.25, 0.3) is 0 Å². The molecule has 4 heteroatoms. The maximum Gasteiger partial charge on any atom is 0.312 e. The number of hydrogen-bond donors (Lipinski definition) is 0. The molecule has 166 valence electrons. The summed E-state index contributed by atoms with van der Waals surface area (Å²) in [7, 11) is 0. The van der Waals surface area contributed by atoms with Crippen LogP contribution in [-0.4, -0.2) is 18.7 Å². The van der Waals surface area contributed by atoms with E-state index in [9.17, 15) is 9.59 Å². The lowest BCUT2D eigenvalue weighted by Crippen LogP contribution is -2.56. The summed E-state index contributed by atoms with van der Waals surface area (Å²) in [5, 5.41) is 0. The van der Waals surface area contributed by atoms with Crippen molar-refractivity contribution in [1.29, 1.82) is 0 Å². The van der Waals surface area contributed by atoms with Gasteiger partial charge in [-0.3, -0.25) is 9.59 Å². The average Bonchev–Trinajstić information content (AvgIpc) is 2.72. The van der Waals surface area contributed by atoms with E-state index >= 15 is 0 Å². The van der Waals surface area contributed by atoms with E-state index in [0.29, 0.717) is 11.3 Å². The van der Waals surface area contributed by atoms with E-state index in [0.717, 1.165) is 31.1 Å². The molecule has 4 nitrogen and oxygen atoms in total. The van der Waals surface area contributed by atoms with Gasteiger partial charge < -0.3 is 9.47 Å². The average molecular weight is 407 g/mol. The normalized spacial score (nSPS) is 39.4. The summed E-state index contributed by atoms with van der Waals surface area (Å²) in [5.74, 6) is 1.32. The van der Waals surface area contributed by atoms with Gasteiger partial charge in [0.15, 0.2) is 0 Å². The highest BCUT2D eigenvalue weighted by atomic mass is 16.7. The monoisotopic (exact) mass is 406 g/mol. The molecule has 29 heavy (non-hydrogen) atoms. The maximum absolute atomic E-state index is 12.9. The van der Waals surface area contributed by atoms with Gasteiger partial charge in [0.05, 0.1) is 11.8 Å². The summed E-state index contributed by atoms with van der Waals surface area (Å²) in [4.78, 5) is 24.6. The lowest BCUT2D eigenvalue weighted by Gasteiger charge is -2.63. The zero-order valence-electron chi connectivity index (χ0n) is 19.3. The van der Waals surface area contributed by atoms with Crippen LogP contribution in [0.15, 0.2) is 0 Å². The van der Waals surface area contributed by atoms with Gasteiger partial charge in [-0.15, -0.1) is 0 Å². The molecule has 3 rings (SSSR count). The van der Waals surface area contributed by atoms with Crippen LogP contribution in [0, 0.1) is 40.4 Å². The Balaban J connectivity index is 1.71. The molecule has 3 aliphatic carbocycles. The van der Waals surface area contributed by atoms with Gasteiger partial charge in [-0.05, 0) is 67.1 Å². The van der Waals surface area contributed by atoms with Crippen LogP contribution >= 0.6 is 0 Å². The summed E-state index contributed by atoms with van der Waals surface area (Å²) in [6, 6.07) is 0. The highest BCUT2D eigenvalue weighted by Crippen LogP contribution is 2.66. The fourth-order valence-electron chi connectivity index (χ4n) is 7.41. The second-order valence-corrected chi connectivity index (χ2v) is 10.7. The van der Waals surface area contributed by atoms with Gasteiger partial charge in [0, 0.05) is 0 Å². The SMILES string of the molecule is CC[C@H]1CCC2[C@@](CC)(CCC3[C@H](C(=O)OCOC(=O)C(C)C)CCC[C@@]32C)C1. The van der Waals surface area contributed by atoms with Crippen molar-refractivity contribution in [1.82, 2.24) is 0 Å². The Morgan fingerprint density at radius 1 is 1.03 bits per heavy atom. The van der Waals surface area contributed by atoms with Crippen LogP contribution in [0.1, 0.15) is 98.8 Å². The summed E-state index contributed by atoms with van der Waals surface area (Å²) in [6.45, 7) is 10.6. The molecule has 3 fully saturated rings. The van der Waals surface area contributed by atoms with Crippen molar-refractivity contribution < 1.29 is 19.1 Å². The molecule has 0 aromatic carbocycles. The number of rotatable bonds is 6. The van der Waals surface area contributed by atoms with E-state index in [1.807, 2.05) is 0 Å². The maximum atomic E-state index is 12.9. The molecule has 0 spiro atoms. The van der Waals surface area contributed by atoms with E-state index in [4.69, 9.17) is 9.47 Å². The van der Waals surface area contributed by atoms with Crippen LogP contribution in [0.25, 0.3) is 0 Å². The van der Waals surface area contributed by atoms with Gasteiger partial charge in [0.1, 0.15) is 0 Å². The highest BCUT2D eigenvalue weighted by molar-refractivity contribution is 5.74. The lowest BCUT2D eigenvalue weighted by molar-refractivity contribution is -0.185. The molecule has 6 atom stereocenters. The molecule has 0 bridgehead atoms. The van der Waals surface area contributed by atoms with Crippen molar-refractivity contribution in [3.05, 3.63) is 0 Å². The summed E-state index contributed by atoms with van der Waals surface area (Å²) < 4.78 is 10.5. The Labute approximate surface area is 177 Å².